The van der Waals surface area contributed by atoms with Crippen LogP contribution in [0, 0.1) is 0 Å². The lowest BCUT2D eigenvalue weighted by Gasteiger charge is -2.34. The van der Waals surface area contributed by atoms with Crippen LogP contribution in [0.5, 0.6) is 0 Å². The highest BCUT2D eigenvalue weighted by Gasteiger charge is 2.45. The second-order valence-electron chi connectivity index (χ2n) is 4.85. The summed E-state index contributed by atoms with van der Waals surface area (Å²) in [5.74, 6) is -0.523. The molecule has 2 fully saturated rings. The first-order valence-electron chi connectivity index (χ1n) is 6.55. The highest BCUT2D eigenvalue weighted by Crippen LogP contribution is 2.35. The lowest BCUT2D eigenvalue weighted by atomic mass is 9.90. The Morgan fingerprint density at radius 1 is 1.21 bits per heavy atom. The zero-order valence-electron chi connectivity index (χ0n) is 10.6. The summed E-state index contributed by atoms with van der Waals surface area (Å²) < 4.78 is 11.3. The van der Waals surface area contributed by atoms with Gasteiger partial charge >= 0.3 is 0 Å². The number of ketones is 1. The van der Waals surface area contributed by atoms with Gasteiger partial charge in [-0.25, -0.2) is 0 Å². The van der Waals surface area contributed by atoms with E-state index in [9.17, 15) is 4.79 Å². The Kier molecular flexibility index (Phi) is 3.50. The molecule has 0 aromatic heterocycles. The van der Waals surface area contributed by atoms with Crippen LogP contribution in [0.2, 0.25) is 0 Å². The van der Waals surface area contributed by atoms with E-state index in [0.717, 1.165) is 5.69 Å². The summed E-state index contributed by atoms with van der Waals surface area (Å²) in [7, 11) is 0. The average molecular weight is 263 g/mol. The van der Waals surface area contributed by atoms with Crippen LogP contribution in [-0.4, -0.2) is 30.9 Å². The van der Waals surface area contributed by atoms with E-state index in [0.29, 0.717) is 32.5 Å². The Bertz CT molecular complexity index is 442. The van der Waals surface area contributed by atoms with E-state index in [1.165, 1.54) is 0 Å². The molecule has 0 unspecified atom stereocenters. The number of ether oxygens (including phenoxy) is 2. The molecule has 0 amide bonds. The van der Waals surface area contributed by atoms with E-state index in [1.807, 2.05) is 30.3 Å². The number of Topliss-reactive ketones (excluding diaryl/α,β-unsaturated/α-hetero) is 1. The van der Waals surface area contributed by atoms with Gasteiger partial charge in [0.05, 0.1) is 18.9 Å². The maximum atomic E-state index is 11.9. The van der Waals surface area contributed by atoms with Gasteiger partial charge in [0, 0.05) is 19.3 Å². The molecule has 1 atom stereocenters. The second-order valence-corrected chi connectivity index (χ2v) is 4.85. The van der Waals surface area contributed by atoms with E-state index >= 15 is 0 Å². The number of hydrogen-bond donors (Lipinski definition) is 1. The SMILES string of the molecule is O=C1CCC2(C[C@H]1ONc1ccccc1)OCCO2. The predicted octanol–water partition coefficient (Wildman–Crippen LogP) is 1.89. The molecule has 1 N–H and O–H groups in total. The smallest absolute Gasteiger partial charge is 0.171 e. The van der Waals surface area contributed by atoms with Crippen LogP contribution in [0.1, 0.15) is 19.3 Å². The Labute approximate surface area is 111 Å². The number of rotatable bonds is 3. The number of benzene rings is 1. The van der Waals surface area contributed by atoms with Crippen LogP contribution in [0.15, 0.2) is 30.3 Å². The first-order chi connectivity index (χ1) is 9.27. The van der Waals surface area contributed by atoms with Gasteiger partial charge in [-0.05, 0) is 12.1 Å². The quantitative estimate of drug-likeness (QED) is 0.844. The van der Waals surface area contributed by atoms with E-state index < -0.39 is 11.9 Å². The summed E-state index contributed by atoms with van der Waals surface area (Å²) in [6, 6.07) is 9.49. The molecule has 5 heteroatoms. The minimum absolute atomic E-state index is 0.0909. The van der Waals surface area contributed by atoms with Crippen molar-refractivity contribution in [2.24, 2.45) is 0 Å². The summed E-state index contributed by atoms with van der Waals surface area (Å²) in [5.41, 5.74) is 3.64. The van der Waals surface area contributed by atoms with Gasteiger partial charge in [0.25, 0.3) is 0 Å². The van der Waals surface area contributed by atoms with Crippen LogP contribution in [0.25, 0.3) is 0 Å². The van der Waals surface area contributed by atoms with E-state index in [1.54, 1.807) is 0 Å². The van der Waals surface area contributed by atoms with Crippen molar-refractivity contribution in [2.45, 2.75) is 31.2 Å². The minimum atomic E-state index is -0.614. The van der Waals surface area contributed by atoms with Crippen molar-refractivity contribution in [2.75, 3.05) is 18.7 Å². The molecule has 0 bridgehead atoms. The van der Waals surface area contributed by atoms with Crippen molar-refractivity contribution in [3.63, 3.8) is 0 Å². The Morgan fingerprint density at radius 3 is 2.68 bits per heavy atom. The molecule has 2 aliphatic rings. The fraction of sp³-hybridized carbons (Fsp3) is 0.500. The molecule has 19 heavy (non-hydrogen) atoms. The number of nitrogens with one attached hydrogen (secondary N) is 1. The van der Waals surface area contributed by atoms with Gasteiger partial charge in [-0.2, -0.15) is 0 Å². The summed E-state index contributed by atoms with van der Waals surface area (Å²) >= 11 is 0. The number of anilines is 1. The lowest BCUT2D eigenvalue weighted by Crippen LogP contribution is -2.45. The molecule has 1 heterocycles. The third-order valence-corrected chi connectivity index (χ3v) is 3.51. The third kappa shape index (κ3) is 2.78. The number of carbonyl (C=O) groups excluding carboxylic acids is 1. The van der Waals surface area contributed by atoms with Crippen LogP contribution in [-0.2, 0) is 19.1 Å². The fourth-order valence-electron chi connectivity index (χ4n) is 2.48. The largest absolute Gasteiger partial charge is 0.347 e. The van der Waals surface area contributed by atoms with Gasteiger partial charge in [-0.15, -0.1) is 0 Å². The van der Waals surface area contributed by atoms with Crippen molar-refractivity contribution in [3.05, 3.63) is 30.3 Å². The first-order valence-corrected chi connectivity index (χ1v) is 6.55. The first kappa shape index (κ1) is 12.6. The highest BCUT2D eigenvalue weighted by molar-refractivity contribution is 5.84. The summed E-state index contributed by atoms with van der Waals surface area (Å²) in [4.78, 5) is 17.4. The maximum Gasteiger partial charge on any atom is 0.171 e. The Morgan fingerprint density at radius 2 is 1.95 bits per heavy atom. The molecule has 0 radical (unpaired) electrons. The standard InChI is InChI=1S/C14H17NO4/c16-12-6-7-14(17-8-9-18-14)10-13(12)19-15-11-4-2-1-3-5-11/h1-5,13,15H,6-10H2/t13-/m1/s1. The molecule has 1 saturated heterocycles. The molecular weight excluding hydrogens is 246 g/mol. The Balaban J connectivity index is 1.61. The van der Waals surface area contributed by atoms with Gasteiger partial charge in [0.15, 0.2) is 11.6 Å². The summed E-state index contributed by atoms with van der Waals surface area (Å²) in [5, 5.41) is 0. The van der Waals surface area contributed by atoms with Gasteiger partial charge < -0.3 is 9.47 Å². The summed E-state index contributed by atoms with van der Waals surface area (Å²) in [6.07, 6.45) is 0.983. The van der Waals surface area contributed by atoms with Crippen LogP contribution in [0.3, 0.4) is 0 Å². The van der Waals surface area contributed by atoms with Crippen LogP contribution in [0.4, 0.5) is 5.69 Å². The molecule has 102 valence electrons. The Hall–Kier alpha value is -1.43. The predicted molar refractivity (Wildman–Crippen MR) is 68.4 cm³/mol. The molecule has 1 aliphatic carbocycles. The molecule has 1 aliphatic heterocycles. The van der Waals surface area contributed by atoms with Gasteiger partial charge in [-0.3, -0.25) is 15.1 Å². The molecule has 1 spiro atoms. The van der Waals surface area contributed by atoms with Crippen molar-refractivity contribution in [3.8, 4) is 0 Å². The van der Waals surface area contributed by atoms with E-state index in [-0.39, 0.29) is 5.78 Å². The maximum absolute atomic E-state index is 11.9. The van der Waals surface area contributed by atoms with Gasteiger partial charge in [-0.1, -0.05) is 18.2 Å². The van der Waals surface area contributed by atoms with E-state index in [2.05, 4.69) is 5.48 Å². The zero-order chi connectivity index (χ0) is 13.1. The summed E-state index contributed by atoms with van der Waals surface area (Å²) in [6.45, 7) is 1.18. The minimum Gasteiger partial charge on any atom is -0.347 e. The molecule has 3 rings (SSSR count). The van der Waals surface area contributed by atoms with Crippen LogP contribution < -0.4 is 5.48 Å². The van der Waals surface area contributed by atoms with Gasteiger partial charge in [0.1, 0.15) is 6.10 Å². The van der Waals surface area contributed by atoms with Crippen LogP contribution >= 0.6 is 0 Å². The third-order valence-electron chi connectivity index (χ3n) is 3.51. The van der Waals surface area contributed by atoms with Crippen molar-refractivity contribution < 1.29 is 19.1 Å². The number of hydrogen-bond acceptors (Lipinski definition) is 5. The second kappa shape index (κ2) is 5.28. The topological polar surface area (TPSA) is 56.8 Å². The zero-order valence-corrected chi connectivity index (χ0v) is 10.6. The normalized spacial score (nSPS) is 25.7. The number of carbonyl (C=O) groups is 1. The molecule has 1 aromatic carbocycles. The lowest BCUT2D eigenvalue weighted by molar-refractivity contribution is -0.199. The fourth-order valence-corrected chi connectivity index (χ4v) is 2.48. The van der Waals surface area contributed by atoms with Crippen molar-refractivity contribution in [1.82, 2.24) is 0 Å². The van der Waals surface area contributed by atoms with Crippen molar-refractivity contribution >= 4 is 11.5 Å². The molecule has 5 nitrogen and oxygen atoms in total. The number of para-hydroxylation sites is 1. The molecule has 1 aromatic rings. The average Bonchev–Trinajstić information content (AvgIpc) is 2.90. The molecular formula is C14H17NO4. The van der Waals surface area contributed by atoms with E-state index in [4.69, 9.17) is 14.3 Å². The van der Waals surface area contributed by atoms with Gasteiger partial charge in [0.2, 0.25) is 0 Å². The monoisotopic (exact) mass is 263 g/mol. The molecule has 1 saturated carbocycles. The van der Waals surface area contributed by atoms with Crippen molar-refractivity contribution in [1.29, 1.82) is 0 Å². The highest BCUT2D eigenvalue weighted by atomic mass is 16.7.